The van der Waals surface area contributed by atoms with E-state index in [2.05, 4.69) is 5.32 Å². The number of ether oxygens (including phenoxy) is 2. The third-order valence-corrected chi connectivity index (χ3v) is 3.94. The smallest absolute Gasteiger partial charge is 0.259 e. The van der Waals surface area contributed by atoms with Crippen LogP contribution in [0.15, 0.2) is 40.8 Å². The third-order valence-electron chi connectivity index (χ3n) is 3.71. The fraction of sp³-hybridized carbons (Fsp3) is 0.167. The SMILES string of the molecule is COc1ccc2oc(C)c(C(=O)Nc3cc(Cl)ccc3OC)c2c1. The fourth-order valence-electron chi connectivity index (χ4n) is 2.57. The van der Waals surface area contributed by atoms with Gasteiger partial charge < -0.3 is 19.2 Å². The quantitative estimate of drug-likeness (QED) is 0.746. The lowest BCUT2D eigenvalue weighted by molar-refractivity contribution is 0.102. The second-order valence-corrected chi connectivity index (χ2v) is 5.63. The van der Waals surface area contributed by atoms with E-state index in [1.807, 2.05) is 0 Å². The van der Waals surface area contributed by atoms with Crippen LogP contribution in [0.2, 0.25) is 5.02 Å². The van der Waals surface area contributed by atoms with Gasteiger partial charge in [-0.25, -0.2) is 0 Å². The van der Waals surface area contributed by atoms with Crippen LogP contribution in [0.3, 0.4) is 0 Å². The van der Waals surface area contributed by atoms with Gasteiger partial charge in [-0.05, 0) is 43.3 Å². The number of methoxy groups -OCH3 is 2. The van der Waals surface area contributed by atoms with E-state index in [4.69, 9.17) is 25.5 Å². The summed E-state index contributed by atoms with van der Waals surface area (Å²) < 4.78 is 16.1. The molecule has 1 N–H and O–H groups in total. The van der Waals surface area contributed by atoms with Gasteiger partial charge in [0.25, 0.3) is 5.91 Å². The molecular formula is C18H16ClNO4. The van der Waals surface area contributed by atoms with E-state index < -0.39 is 0 Å². The molecule has 0 spiro atoms. The molecule has 0 saturated heterocycles. The maximum atomic E-state index is 12.8. The van der Waals surface area contributed by atoms with Gasteiger partial charge in [-0.1, -0.05) is 11.6 Å². The molecule has 6 heteroatoms. The van der Waals surface area contributed by atoms with Crippen LogP contribution in [0.25, 0.3) is 11.0 Å². The molecule has 0 aliphatic carbocycles. The lowest BCUT2D eigenvalue weighted by Crippen LogP contribution is -2.13. The lowest BCUT2D eigenvalue weighted by atomic mass is 10.1. The summed E-state index contributed by atoms with van der Waals surface area (Å²) >= 11 is 6.01. The van der Waals surface area contributed by atoms with E-state index in [-0.39, 0.29) is 5.91 Å². The predicted molar refractivity (Wildman–Crippen MR) is 93.5 cm³/mol. The van der Waals surface area contributed by atoms with Crippen molar-refractivity contribution < 1.29 is 18.7 Å². The Morgan fingerprint density at radius 1 is 1.12 bits per heavy atom. The third kappa shape index (κ3) is 2.90. The largest absolute Gasteiger partial charge is 0.497 e. The second kappa shape index (κ2) is 6.45. The number of amides is 1. The molecule has 0 aliphatic rings. The normalized spacial score (nSPS) is 10.7. The highest BCUT2D eigenvalue weighted by molar-refractivity contribution is 6.31. The van der Waals surface area contributed by atoms with Crippen LogP contribution in [0.1, 0.15) is 16.1 Å². The molecule has 1 heterocycles. The number of furan rings is 1. The van der Waals surface area contributed by atoms with Crippen molar-refractivity contribution in [2.45, 2.75) is 6.92 Å². The van der Waals surface area contributed by atoms with Crippen molar-refractivity contribution in [3.8, 4) is 11.5 Å². The summed E-state index contributed by atoms with van der Waals surface area (Å²) in [6, 6.07) is 10.4. The number of anilines is 1. The minimum atomic E-state index is -0.305. The summed E-state index contributed by atoms with van der Waals surface area (Å²) in [6.45, 7) is 1.75. The van der Waals surface area contributed by atoms with Gasteiger partial charge in [-0.15, -0.1) is 0 Å². The molecule has 0 unspecified atom stereocenters. The minimum Gasteiger partial charge on any atom is -0.497 e. The van der Waals surface area contributed by atoms with Crippen LogP contribution in [0.5, 0.6) is 11.5 Å². The molecule has 0 fully saturated rings. The number of benzene rings is 2. The zero-order valence-corrected chi connectivity index (χ0v) is 14.2. The number of aryl methyl sites for hydroxylation is 1. The average molecular weight is 346 g/mol. The van der Waals surface area contributed by atoms with Crippen molar-refractivity contribution in [1.82, 2.24) is 0 Å². The molecular weight excluding hydrogens is 330 g/mol. The summed E-state index contributed by atoms with van der Waals surface area (Å²) in [7, 11) is 3.10. The van der Waals surface area contributed by atoms with Gasteiger partial charge in [-0.2, -0.15) is 0 Å². The Kier molecular flexibility index (Phi) is 4.36. The highest BCUT2D eigenvalue weighted by Gasteiger charge is 2.20. The number of halogens is 1. The monoisotopic (exact) mass is 345 g/mol. The predicted octanol–water partition coefficient (Wildman–Crippen LogP) is 4.66. The Hall–Kier alpha value is -2.66. The van der Waals surface area contributed by atoms with Crippen LogP contribution in [-0.2, 0) is 0 Å². The highest BCUT2D eigenvalue weighted by Crippen LogP contribution is 2.32. The lowest BCUT2D eigenvalue weighted by Gasteiger charge is -2.10. The van der Waals surface area contributed by atoms with Crippen molar-refractivity contribution in [1.29, 1.82) is 0 Å². The molecule has 3 aromatic rings. The Morgan fingerprint density at radius 2 is 1.92 bits per heavy atom. The summed E-state index contributed by atoms with van der Waals surface area (Å²) in [5.41, 5.74) is 1.56. The van der Waals surface area contributed by atoms with Crippen LogP contribution in [0.4, 0.5) is 5.69 Å². The Balaban J connectivity index is 2.03. The van der Waals surface area contributed by atoms with Gasteiger partial charge in [0, 0.05) is 10.4 Å². The van der Waals surface area contributed by atoms with Crippen molar-refractivity contribution in [2.75, 3.05) is 19.5 Å². The maximum absolute atomic E-state index is 12.8. The summed E-state index contributed by atoms with van der Waals surface area (Å²) in [5, 5.41) is 4.01. The van der Waals surface area contributed by atoms with Crippen LogP contribution in [0, 0.1) is 6.92 Å². The second-order valence-electron chi connectivity index (χ2n) is 5.19. The van der Waals surface area contributed by atoms with Gasteiger partial charge in [0.15, 0.2) is 0 Å². The van der Waals surface area contributed by atoms with E-state index in [1.165, 1.54) is 7.11 Å². The number of carbonyl (C=O) groups excluding carboxylic acids is 1. The maximum Gasteiger partial charge on any atom is 0.259 e. The highest BCUT2D eigenvalue weighted by atomic mass is 35.5. The molecule has 0 bridgehead atoms. The van der Waals surface area contributed by atoms with Crippen molar-refractivity contribution in [2.24, 2.45) is 0 Å². The topological polar surface area (TPSA) is 60.7 Å². The molecule has 0 aliphatic heterocycles. The molecule has 2 aromatic carbocycles. The van der Waals surface area contributed by atoms with Gasteiger partial charge in [-0.3, -0.25) is 4.79 Å². The summed E-state index contributed by atoms with van der Waals surface area (Å²) in [6.07, 6.45) is 0. The molecule has 124 valence electrons. The minimum absolute atomic E-state index is 0.305. The molecule has 0 radical (unpaired) electrons. The van der Waals surface area contributed by atoms with E-state index in [0.717, 1.165) is 0 Å². The van der Waals surface area contributed by atoms with Gasteiger partial charge in [0.2, 0.25) is 0 Å². The zero-order valence-electron chi connectivity index (χ0n) is 13.5. The van der Waals surface area contributed by atoms with Gasteiger partial charge in [0.1, 0.15) is 22.8 Å². The standard InChI is InChI=1S/C18H16ClNO4/c1-10-17(13-9-12(22-2)5-7-15(13)24-10)18(21)20-14-8-11(19)4-6-16(14)23-3/h4-9H,1-3H3,(H,20,21). The Bertz CT molecular complexity index is 917. The van der Waals surface area contributed by atoms with Gasteiger partial charge >= 0.3 is 0 Å². The van der Waals surface area contributed by atoms with E-state index in [9.17, 15) is 4.79 Å². The molecule has 0 atom stereocenters. The molecule has 24 heavy (non-hydrogen) atoms. The number of nitrogens with one attached hydrogen (secondary N) is 1. The van der Waals surface area contributed by atoms with Crippen LogP contribution >= 0.6 is 11.6 Å². The first-order valence-electron chi connectivity index (χ1n) is 7.25. The first-order valence-corrected chi connectivity index (χ1v) is 7.63. The molecule has 3 rings (SSSR count). The molecule has 0 saturated carbocycles. The van der Waals surface area contributed by atoms with E-state index in [0.29, 0.717) is 44.5 Å². The van der Waals surface area contributed by atoms with Crippen LogP contribution < -0.4 is 14.8 Å². The fourth-order valence-corrected chi connectivity index (χ4v) is 2.74. The van der Waals surface area contributed by atoms with Gasteiger partial charge in [0.05, 0.1) is 25.5 Å². The number of fused-ring (bicyclic) bond motifs is 1. The van der Waals surface area contributed by atoms with E-state index in [1.54, 1.807) is 50.4 Å². The van der Waals surface area contributed by atoms with Crippen molar-refractivity contribution in [3.63, 3.8) is 0 Å². The van der Waals surface area contributed by atoms with Crippen molar-refractivity contribution >= 4 is 34.2 Å². The number of hydrogen-bond acceptors (Lipinski definition) is 4. The zero-order chi connectivity index (χ0) is 17.3. The summed E-state index contributed by atoms with van der Waals surface area (Å²) in [5.74, 6) is 1.39. The first-order chi connectivity index (χ1) is 11.5. The number of rotatable bonds is 4. The molecule has 1 aromatic heterocycles. The number of hydrogen-bond donors (Lipinski definition) is 1. The molecule has 5 nitrogen and oxygen atoms in total. The molecule has 1 amide bonds. The Labute approximate surface area is 144 Å². The van der Waals surface area contributed by atoms with E-state index >= 15 is 0 Å². The van der Waals surface area contributed by atoms with Crippen LogP contribution in [-0.4, -0.2) is 20.1 Å². The first kappa shape index (κ1) is 16.2. The Morgan fingerprint density at radius 3 is 2.62 bits per heavy atom. The van der Waals surface area contributed by atoms with Crippen molar-refractivity contribution in [3.05, 3.63) is 52.7 Å². The number of carbonyl (C=O) groups is 1. The average Bonchev–Trinajstić information content (AvgIpc) is 2.89. The summed E-state index contributed by atoms with van der Waals surface area (Å²) in [4.78, 5) is 12.8.